The van der Waals surface area contributed by atoms with E-state index in [0.29, 0.717) is 0 Å². The molecule has 2 aromatic rings. The van der Waals surface area contributed by atoms with E-state index in [0.717, 1.165) is 0 Å². The Kier molecular flexibility index (Phi) is 3.93. The van der Waals surface area contributed by atoms with Crippen molar-refractivity contribution in [1.29, 1.82) is 0 Å². The third-order valence-corrected chi connectivity index (χ3v) is 2.68. The highest BCUT2D eigenvalue weighted by Crippen LogP contribution is 2.18. The number of benzene rings is 1. The third kappa shape index (κ3) is 2.59. The smallest absolute Gasteiger partial charge is 0.341 e. The van der Waals surface area contributed by atoms with Crippen LogP contribution in [-0.4, -0.2) is 28.1 Å². The number of carbonyl (C=O) groups excluding carboxylic acids is 2. The molecule has 0 spiro atoms. The topological polar surface area (TPSA) is 61.2 Å². The van der Waals surface area contributed by atoms with Crippen LogP contribution in [0, 0.1) is 5.82 Å². The number of hydrogen-bond acceptors (Lipinski definition) is 4. The molecule has 104 valence electrons. The van der Waals surface area contributed by atoms with Gasteiger partial charge in [0.15, 0.2) is 5.78 Å². The summed E-state index contributed by atoms with van der Waals surface area (Å²) in [5.41, 5.74) is 0.463. The summed E-state index contributed by atoms with van der Waals surface area (Å²) >= 11 is 0. The van der Waals surface area contributed by atoms with Gasteiger partial charge in [-0.15, -0.1) is 0 Å². The lowest BCUT2D eigenvalue weighted by Crippen LogP contribution is -2.07. The second kappa shape index (κ2) is 5.64. The fourth-order valence-corrected chi connectivity index (χ4v) is 1.83. The molecule has 0 amide bonds. The molecule has 0 unspecified atom stereocenters. The van der Waals surface area contributed by atoms with Gasteiger partial charge in [0.05, 0.1) is 29.6 Å². The quantitative estimate of drug-likeness (QED) is 0.635. The van der Waals surface area contributed by atoms with Crippen LogP contribution in [0.4, 0.5) is 4.39 Å². The van der Waals surface area contributed by atoms with E-state index in [-0.39, 0.29) is 23.4 Å². The fourth-order valence-electron chi connectivity index (χ4n) is 1.83. The van der Waals surface area contributed by atoms with Crippen molar-refractivity contribution in [2.24, 2.45) is 0 Å². The number of halogens is 1. The first-order chi connectivity index (χ1) is 9.54. The van der Waals surface area contributed by atoms with Crippen molar-refractivity contribution in [3.63, 3.8) is 0 Å². The van der Waals surface area contributed by atoms with Crippen LogP contribution in [0.5, 0.6) is 0 Å². The molecule has 0 fully saturated rings. The predicted octanol–water partition coefficient (Wildman–Crippen LogP) is 2.39. The number of aromatic nitrogens is 2. The zero-order valence-electron chi connectivity index (χ0n) is 11.1. The molecule has 1 aromatic carbocycles. The Morgan fingerprint density at radius 1 is 1.40 bits per heavy atom. The number of ketones is 1. The van der Waals surface area contributed by atoms with Gasteiger partial charge in [-0.1, -0.05) is 6.07 Å². The van der Waals surface area contributed by atoms with E-state index >= 15 is 0 Å². The van der Waals surface area contributed by atoms with Crippen molar-refractivity contribution < 1.29 is 18.7 Å². The third-order valence-electron chi connectivity index (χ3n) is 2.68. The Balaban J connectivity index is 2.45. The van der Waals surface area contributed by atoms with Gasteiger partial charge >= 0.3 is 5.97 Å². The zero-order valence-corrected chi connectivity index (χ0v) is 11.1. The van der Waals surface area contributed by atoms with Crippen molar-refractivity contribution in [1.82, 2.24) is 9.78 Å². The lowest BCUT2D eigenvalue weighted by molar-refractivity contribution is 0.0526. The number of carbonyl (C=O) groups is 2. The molecule has 0 atom stereocenters. The highest BCUT2D eigenvalue weighted by Gasteiger charge is 2.16. The standard InChI is InChI=1S/C14H13FN2O3/c1-3-20-14(19)10-7-16-17(8-10)12-6-4-5-11(15)13(12)9(2)18/h4-8H,3H2,1-2H3. The molecular formula is C14H13FN2O3. The van der Waals surface area contributed by atoms with Crippen molar-refractivity contribution in [2.75, 3.05) is 6.61 Å². The van der Waals surface area contributed by atoms with Gasteiger partial charge in [0.1, 0.15) is 5.82 Å². The second-order valence-corrected chi connectivity index (χ2v) is 4.08. The second-order valence-electron chi connectivity index (χ2n) is 4.08. The van der Waals surface area contributed by atoms with Gasteiger partial charge in [0.25, 0.3) is 0 Å². The maximum Gasteiger partial charge on any atom is 0.341 e. The van der Waals surface area contributed by atoms with E-state index in [9.17, 15) is 14.0 Å². The lowest BCUT2D eigenvalue weighted by atomic mass is 10.1. The first-order valence-electron chi connectivity index (χ1n) is 6.06. The molecular weight excluding hydrogens is 263 g/mol. The van der Waals surface area contributed by atoms with E-state index < -0.39 is 17.6 Å². The van der Waals surface area contributed by atoms with Crippen LogP contribution in [0.3, 0.4) is 0 Å². The van der Waals surface area contributed by atoms with E-state index in [1.54, 1.807) is 13.0 Å². The average Bonchev–Trinajstić information content (AvgIpc) is 2.87. The van der Waals surface area contributed by atoms with Crippen molar-refractivity contribution in [3.05, 3.63) is 47.5 Å². The number of hydrogen-bond donors (Lipinski definition) is 0. The van der Waals surface area contributed by atoms with Crippen LogP contribution in [0.15, 0.2) is 30.6 Å². The Bertz CT molecular complexity index is 664. The Labute approximate surface area is 115 Å². The number of Topliss-reactive ketones (excluding diaryl/α,β-unsaturated/α-hetero) is 1. The Morgan fingerprint density at radius 2 is 2.15 bits per heavy atom. The van der Waals surface area contributed by atoms with E-state index in [1.165, 1.54) is 36.1 Å². The van der Waals surface area contributed by atoms with Gasteiger partial charge in [0, 0.05) is 6.20 Å². The summed E-state index contributed by atoms with van der Waals surface area (Å²) in [5, 5.41) is 3.97. The van der Waals surface area contributed by atoms with Crippen LogP contribution < -0.4 is 0 Å². The monoisotopic (exact) mass is 276 g/mol. The van der Waals surface area contributed by atoms with Gasteiger partial charge in [-0.25, -0.2) is 13.9 Å². The number of esters is 1. The summed E-state index contributed by atoms with van der Waals surface area (Å²) in [5.74, 6) is -1.55. The van der Waals surface area contributed by atoms with E-state index in [1.807, 2.05) is 0 Å². The molecule has 0 radical (unpaired) electrons. The molecule has 1 aromatic heterocycles. The molecule has 0 aliphatic heterocycles. The average molecular weight is 276 g/mol. The Morgan fingerprint density at radius 3 is 2.80 bits per heavy atom. The zero-order chi connectivity index (χ0) is 14.7. The highest BCUT2D eigenvalue weighted by molar-refractivity contribution is 5.98. The minimum atomic E-state index is -0.622. The maximum atomic E-state index is 13.7. The largest absolute Gasteiger partial charge is 0.462 e. The van der Waals surface area contributed by atoms with Crippen molar-refractivity contribution in [3.8, 4) is 5.69 Å². The van der Waals surface area contributed by atoms with Gasteiger partial charge in [-0.05, 0) is 26.0 Å². The minimum Gasteiger partial charge on any atom is -0.462 e. The minimum absolute atomic E-state index is 0.0639. The molecule has 0 saturated heterocycles. The molecule has 5 nitrogen and oxygen atoms in total. The number of rotatable bonds is 4. The summed E-state index contributed by atoms with van der Waals surface area (Å²) < 4.78 is 19.8. The first kappa shape index (κ1) is 13.9. The summed E-state index contributed by atoms with van der Waals surface area (Å²) in [6, 6.07) is 4.24. The van der Waals surface area contributed by atoms with Crippen molar-refractivity contribution >= 4 is 11.8 Å². The van der Waals surface area contributed by atoms with E-state index in [4.69, 9.17) is 4.74 Å². The lowest BCUT2D eigenvalue weighted by Gasteiger charge is -2.07. The SMILES string of the molecule is CCOC(=O)c1cnn(-c2cccc(F)c2C(C)=O)c1. The summed E-state index contributed by atoms with van der Waals surface area (Å²) in [7, 11) is 0. The predicted molar refractivity (Wildman–Crippen MR) is 69.5 cm³/mol. The maximum absolute atomic E-state index is 13.7. The molecule has 1 heterocycles. The van der Waals surface area contributed by atoms with Gasteiger partial charge in [0.2, 0.25) is 0 Å². The molecule has 20 heavy (non-hydrogen) atoms. The number of ether oxygens (including phenoxy) is 1. The normalized spacial score (nSPS) is 10.3. The van der Waals surface area contributed by atoms with Crippen LogP contribution in [-0.2, 0) is 4.74 Å². The molecule has 0 aliphatic carbocycles. The fraction of sp³-hybridized carbons (Fsp3) is 0.214. The molecule has 0 aliphatic rings. The van der Waals surface area contributed by atoms with Gasteiger partial charge in [-0.3, -0.25) is 4.79 Å². The van der Waals surface area contributed by atoms with Crippen LogP contribution in [0.2, 0.25) is 0 Å². The molecule has 0 bridgehead atoms. The summed E-state index contributed by atoms with van der Waals surface area (Å²) in [6.07, 6.45) is 2.71. The van der Waals surface area contributed by atoms with Crippen LogP contribution >= 0.6 is 0 Å². The summed E-state index contributed by atoms with van der Waals surface area (Å²) in [4.78, 5) is 23.1. The highest BCUT2D eigenvalue weighted by atomic mass is 19.1. The molecule has 6 heteroatoms. The van der Waals surface area contributed by atoms with Crippen molar-refractivity contribution in [2.45, 2.75) is 13.8 Å². The summed E-state index contributed by atoms with van der Waals surface area (Å²) in [6.45, 7) is 3.23. The van der Waals surface area contributed by atoms with Gasteiger partial charge in [-0.2, -0.15) is 5.10 Å². The van der Waals surface area contributed by atoms with E-state index in [2.05, 4.69) is 5.10 Å². The van der Waals surface area contributed by atoms with Gasteiger partial charge < -0.3 is 4.74 Å². The molecule has 0 saturated carbocycles. The Hall–Kier alpha value is -2.50. The molecule has 2 rings (SSSR count). The van der Waals surface area contributed by atoms with Crippen LogP contribution in [0.25, 0.3) is 5.69 Å². The number of nitrogens with zero attached hydrogens (tertiary/aromatic N) is 2. The van der Waals surface area contributed by atoms with Crippen LogP contribution in [0.1, 0.15) is 34.6 Å². The molecule has 0 N–H and O–H groups in total. The first-order valence-corrected chi connectivity index (χ1v) is 6.06.